The van der Waals surface area contributed by atoms with E-state index in [0.29, 0.717) is 53.6 Å². The fourth-order valence-corrected chi connectivity index (χ4v) is 3.03. The molecule has 0 spiro atoms. The van der Waals surface area contributed by atoms with Crippen LogP contribution in [0.2, 0.25) is 0 Å². The number of rotatable bonds is 7. The third kappa shape index (κ3) is 4.27. The van der Waals surface area contributed by atoms with E-state index < -0.39 is 5.82 Å². The predicted octanol–water partition coefficient (Wildman–Crippen LogP) is 4.20. The van der Waals surface area contributed by atoms with Gasteiger partial charge in [0.05, 0.1) is 17.3 Å². The standard InChI is InChI=1S/C22H19FN4O3/c1-14-26-20(30-27-14)11-6-12-24-21(28)15-7-2-3-8-16(15)22-25-13-19(29-22)17-9-4-5-10-18(17)23/h2-5,7-10,13H,6,11-12H2,1H3,(H,24,28). The maximum absolute atomic E-state index is 14.0. The maximum atomic E-state index is 14.0. The Bertz CT molecular complexity index is 1170. The Balaban J connectivity index is 1.46. The number of halogens is 1. The Morgan fingerprint density at radius 3 is 2.63 bits per heavy atom. The Hall–Kier alpha value is -3.81. The minimum Gasteiger partial charge on any atom is -0.436 e. The summed E-state index contributed by atoms with van der Waals surface area (Å²) in [4.78, 5) is 21.1. The number of carbonyl (C=O) groups is 1. The minimum atomic E-state index is -0.400. The van der Waals surface area contributed by atoms with Gasteiger partial charge in [-0.2, -0.15) is 4.98 Å². The first-order valence-corrected chi connectivity index (χ1v) is 9.49. The van der Waals surface area contributed by atoms with E-state index in [1.54, 1.807) is 49.4 Å². The molecule has 0 aliphatic rings. The second-order valence-corrected chi connectivity index (χ2v) is 6.65. The van der Waals surface area contributed by atoms with Crippen molar-refractivity contribution in [3.63, 3.8) is 0 Å². The van der Waals surface area contributed by atoms with Crippen LogP contribution in [-0.2, 0) is 6.42 Å². The van der Waals surface area contributed by atoms with Gasteiger partial charge in [0.25, 0.3) is 5.91 Å². The number of aryl methyl sites for hydroxylation is 2. The van der Waals surface area contributed by atoms with Gasteiger partial charge in [-0.3, -0.25) is 4.79 Å². The van der Waals surface area contributed by atoms with Crippen LogP contribution < -0.4 is 5.32 Å². The summed E-state index contributed by atoms with van der Waals surface area (Å²) in [6.45, 7) is 2.20. The van der Waals surface area contributed by atoms with E-state index in [1.165, 1.54) is 12.3 Å². The lowest BCUT2D eigenvalue weighted by Gasteiger charge is -2.08. The largest absolute Gasteiger partial charge is 0.436 e. The van der Waals surface area contributed by atoms with Crippen LogP contribution in [0.4, 0.5) is 4.39 Å². The fourth-order valence-electron chi connectivity index (χ4n) is 3.03. The summed E-state index contributed by atoms with van der Waals surface area (Å²) in [6.07, 6.45) is 2.69. The number of oxazole rings is 1. The van der Waals surface area contributed by atoms with E-state index >= 15 is 0 Å². The molecule has 2 aromatic heterocycles. The highest BCUT2D eigenvalue weighted by atomic mass is 19.1. The van der Waals surface area contributed by atoms with Gasteiger partial charge in [-0.15, -0.1) is 0 Å². The summed E-state index contributed by atoms with van der Waals surface area (Å²) < 4.78 is 24.8. The maximum Gasteiger partial charge on any atom is 0.252 e. The van der Waals surface area contributed by atoms with Gasteiger partial charge in [-0.1, -0.05) is 29.4 Å². The van der Waals surface area contributed by atoms with E-state index in [2.05, 4.69) is 20.4 Å². The third-order valence-electron chi connectivity index (χ3n) is 4.47. The van der Waals surface area contributed by atoms with Gasteiger partial charge < -0.3 is 14.3 Å². The van der Waals surface area contributed by atoms with Crippen molar-refractivity contribution >= 4 is 5.91 Å². The molecule has 0 saturated carbocycles. The number of hydrogen-bond acceptors (Lipinski definition) is 6. The van der Waals surface area contributed by atoms with Gasteiger partial charge in [-0.25, -0.2) is 9.37 Å². The molecule has 2 aromatic carbocycles. The second kappa shape index (κ2) is 8.69. The third-order valence-corrected chi connectivity index (χ3v) is 4.47. The lowest BCUT2D eigenvalue weighted by atomic mass is 10.1. The highest BCUT2D eigenvalue weighted by molar-refractivity contribution is 6.00. The first-order valence-electron chi connectivity index (χ1n) is 9.49. The van der Waals surface area contributed by atoms with Crippen LogP contribution in [0.25, 0.3) is 22.8 Å². The van der Waals surface area contributed by atoms with Crippen molar-refractivity contribution < 1.29 is 18.1 Å². The van der Waals surface area contributed by atoms with E-state index in [0.717, 1.165) is 0 Å². The van der Waals surface area contributed by atoms with Gasteiger partial charge in [0.1, 0.15) is 5.82 Å². The summed E-state index contributed by atoms with van der Waals surface area (Å²) in [5.41, 5.74) is 1.27. The molecule has 2 heterocycles. The van der Waals surface area contributed by atoms with Gasteiger partial charge in [0, 0.05) is 18.5 Å². The first-order chi connectivity index (χ1) is 14.6. The molecule has 7 nitrogen and oxygen atoms in total. The fraction of sp³-hybridized carbons (Fsp3) is 0.182. The molecule has 30 heavy (non-hydrogen) atoms. The zero-order valence-corrected chi connectivity index (χ0v) is 16.3. The number of hydrogen-bond donors (Lipinski definition) is 1. The summed E-state index contributed by atoms with van der Waals surface area (Å²) >= 11 is 0. The molecule has 1 amide bonds. The Morgan fingerprint density at radius 2 is 1.87 bits per heavy atom. The van der Waals surface area contributed by atoms with Crippen LogP contribution in [0.1, 0.15) is 28.5 Å². The highest BCUT2D eigenvalue weighted by Gasteiger charge is 2.17. The lowest BCUT2D eigenvalue weighted by Crippen LogP contribution is -2.25. The van der Waals surface area contributed by atoms with Crippen LogP contribution in [0.15, 0.2) is 63.7 Å². The van der Waals surface area contributed by atoms with Crippen molar-refractivity contribution in [2.75, 3.05) is 6.54 Å². The Morgan fingerprint density at radius 1 is 1.10 bits per heavy atom. The molecule has 0 radical (unpaired) electrons. The molecule has 1 N–H and O–H groups in total. The van der Waals surface area contributed by atoms with Gasteiger partial charge in [0.2, 0.25) is 11.8 Å². The molecule has 152 valence electrons. The number of amides is 1. The second-order valence-electron chi connectivity index (χ2n) is 6.65. The van der Waals surface area contributed by atoms with E-state index in [9.17, 15) is 9.18 Å². The van der Waals surface area contributed by atoms with Crippen molar-refractivity contribution in [1.82, 2.24) is 20.4 Å². The summed E-state index contributed by atoms with van der Waals surface area (Å²) in [7, 11) is 0. The van der Waals surface area contributed by atoms with E-state index in [-0.39, 0.29) is 11.8 Å². The van der Waals surface area contributed by atoms with Crippen molar-refractivity contribution in [2.24, 2.45) is 0 Å². The number of nitrogens with one attached hydrogen (secondary N) is 1. The molecule has 0 atom stereocenters. The molecule has 4 aromatic rings. The van der Waals surface area contributed by atoms with Crippen LogP contribution in [0, 0.1) is 12.7 Å². The molecular weight excluding hydrogens is 387 g/mol. The lowest BCUT2D eigenvalue weighted by molar-refractivity contribution is 0.0953. The highest BCUT2D eigenvalue weighted by Crippen LogP contribution is 2.29. The number of nitrogens with zero attached hydrogens (tertiary/aromatic N) is 3. The van der Waals surface area contributed by atoms with Crippen molar-refractivity contribution in [3.05, 3.63) is 77.8 Å². The number of carbonyl (C=O) groups excluding carboxylic acids is 1. The zero-order chi connectivity index (χ0) is 20.9. The predicted molar refractivity (Wildman–Crippen MR) is 107 cm³/mol. The molecule has 0 unspecified atom stereocenters. The van der Waals surface area contributed by atoms with Crippen molar-refractivity contribution in [3.8, 4) is 22.8 Å². The van der Waals surface area contributed by atoms with Crippen LogP contribution in [-0.4, -0.2) is 27.6 Å². The monoisotopic (exact) mass is 406 g/mol. The molecular formula is C22H19FN4O3. The topological polar surface area (TPSA) is 94.1 Å². The summed E-state index contributed by atoms with van der Waals surface area (Å²) in [5.74, 6) is 1.03. The minimum absolute atomic E-state index is 0.250. The van der Waals surface area contributed by atoms with E-state index in [1.807, 2.05) is 0 Å². The number of benzene rings is 2. The summed E-state index contributed by atoms with van der Waals surface area (Å²) in [6, 6.07) is 13.3. The molecule has 4 rings (SSSR count). The zero-order valence-electron chi connectivity index (χ0n) is 16.3. The Labute approximate surface area is 172 Å². The molecule has 0 aliphatic carbocycles. The van der Waals surface area contributed by atoms with Crippen LogP contribution in [0.3, 0.4) is 0 Å². The summed E-state index contributed by atoms with van der Waals surface area (Å²) in [5, 5.41) is 6.61. The smallest absolute Gasteiger partial charge is 0.252 e. The molecule has 0 bridgehead atoms. The van der Waals surface area contributed by atoms with Crippen molar-refractivity contribution in [2.45, 2.75) is 19.8 Å². The molecule has 0 fully saturated rings. The van der Waals surface area contributed by atoms with E-state index in [4.69, 9.17) is 8.94 Å². The average Bonchev–Trinajstić information content (AvgIpc) is 3.41. The molecule has 8 heteroatoms. The normalized spacial score (nSPS) is 10.9. The average molecular weight is 406 g/mol. The van der Waals surface area contributed by atoms with Crippen LogP contribution >= 0.6 is 0 Å². The van der Waals surface area contributed by atoms with Crippen molar-refractivity contribution in [1.29, 1.82) is 0 Å². The van der Waals surface area contributed by atoms with Crippen LogP contribution in [0.5, 0.6) is 0 Å². The quantitative estimate of drug-likeness (QED) is 0.462. The molecule has 0 aliphatic heterocycles. The first kappa shape index (κ1) is 19.5. The SMILES string of the molecule is Cc1noc(CCCNC(=O)c2ccccc2-c2ncc(-c3ccccc3F)o2)n1. The number of aromatic nitrogens is 3. The van der Waals surface area contributed by atoms with Gasteiger partial charge in [-0.05, 0) is 37.6 Å². The van der Waals surface area contributed by atoms with Gasteiger partial charge >= 0.3 is 0 Å². The molecule has 0 saturated heterocycles. The Kier molecular flexibility index (Phi) is 5.65. The van der Waals surface area contributed by atoms with Gasteiger partial charge in [0.15, 0.2) is 11.6 Å².